The molecule has 1 aliphatic heterocycles. The first-order valence-electron chi connectivity index (χ1n) is 9.34. The quantitative estimate of drug-likeness (QED) is 0.808. The van der Waals surface area contributed by atoms with Crippen molar-refractivity contribution in [1.82, 2.24) is 19.4 Å². The van der Waals surface area contributed by atoms with Crippen molar-refractivity contribution in [1.29, 1.82) is 0 Å². The number of hydrogen-bond acceptors (Lipinski definition) is 5. The second-order valence-electron chi connectivity index (χ2n) is 7.43. The summed E-state index contributed by atoms with van der Waals surface area (Å²) in [6.45, 7) is 4.19. The van der Waals surface area contributed by atoms with Crippen molar-refractivity contribution in [3.05, 3.63) is 44.5 Å². The number of likely N-dealkylation sites (tertiary alicyclic amines) is 1. The van der Waals surface area contributed by atoms with Crippen LogP contribution in [0.3, 0.4) is 0 Å². The van der Waals surface area contributed by atoms with Gasteiger partial charge in [0.25, 0.3) is 5.56 Å². The van der Waals surface area contributed by atoms with Crippen LogP contribution in [0.4, 0.5) is 0 Å². The zero-order valence-corrected chi connectivity index (χ0v) is 15.9. The van der Waals surface area contributed by atoms with Crippen LogP contribution < -0.4 is 5.56 Å². The topological polar surface area (TPSA) is 68.1 Å². The average Bonchev–Trinajstić information content (AvgIpc) is 3.40. The third-order valence-corrected chi connectivity index (χ3v) is 6.23. The fraction of sp³-hybridized carbons (Fsp3) is 0.579. The van der Waals surface area contributed by atoms with Crippen molar-refractivity contribution in [3.63, 3.8) is 0 Å². The smallest absolute Gasteiger partial charge is 0.253 e. The summed E-state index contributed by atoms with van der Waals surface area (Å²) in [7, 11) is 0. The summed E-state index contributed by atoms with van der Waals surface area (Å²) in [6, 6.07) is 1.70. The highest BCUT2D eigenvalue weighted by Gasteiger charge is 2.26. The molecule has 4 rings (SSSR count). The van der Waals surface area contributed by atoms with Crippen LogP contribution in [0.1, 0.15) is 47.2 Å². The molecule has 7 heteroatoms. The van der Waals surface area contributed by atoms with Gasteiger partial charge in [-0.15, -0.1) is 11.3 Å². The highest BCUT2D eigenvalue weighted by Crippen LogP contribution is 2.38. The molecule has 3 heterocycles. The van der Waals surface area contributed by atoms with Gasteiger partial charge in [-0.2, -0.15) is 0 Å². The third-order valence-electron chi connectivity index (χ3n) is 5.31. The molecular weight excluding hydrogens is 348 g/mol. The molecule has 138 valence electrons. The first-order chi connectivity index (χ1) is 12.6. The largest absolute Gasteiger partial charge is 0.342 e. The van der Waals surface area contributed by atoms with Gasteiger partial charge in [-0.1, -0.05) is 0 Å². The van der Waals surface area contributed by atoms with E-state index in [1.54, 1.807) is 34.5 Å². The molecular formula is C19H24N4O2S. The van der Waals surface area contributed by atoms with Gasteiger partial charge in [0, 0.05) is 42.7 Å². The van der Waals surface area contributed by atoms with Crippen molar-refractivity contribution >= 4 is 17.2 Å². The van der Waals surface area contributed by atoms with Gasteiger partial charge in [-0.3, -0.25) is 14.2 Å². The van der Waals surface area contributed by atoms with Gasteiger partial charge in [-0.25, -0.2) is 9.97 Å². The van der Waals surface area contributed by atoms with E-state index in [1.807, 2.05) is 11.8 Å². The van der Waals surface area contributed by atoms with E-state index >= 15 is 0 Å². The highest BCUT2D eigenvalue weighted by molar-refractivity contribution is 7.11. The van der Waals surface area contributed by atoms with Gasteiger partial charge >= 0.3 is 0 Å². The number of nitrogens with zero attached hydrogens (tertiary/aromatic N) is 4. The Morgan fingerprint density at radius 3 is 2.62 bits per heavy atom. The molecule has 2 aromatic rings. The molecule has 0 bridgehead atoms. The predicted molar refractivity (Wildman–Crippen MR) is 100 cm³/mol. The van der Waals surface area contributed by atoms with Gasteiger partial charge < -0.3 is 4.90 Å². The Labute approximate surface area is 156 Å². The number of aromatic nitrogens is 3. The number of carbonyl (C=O) groups excluding carboxylic acids is 1. The van der Waals surface area contributed by atoms with Crippen molar-refractivity contribution in [2.45, 2.75) is 51.5 Å². The molecule has 0 aromatic carbocycles. The minimum absolute atomic E-state index is 0.0565. The lowest BCUT2D eigenvalue weighted by Gasteiger charge is -2.32. The third kappa shape index (κ3) is 4.03. The summed E-state index contributed by atoms with van der Waals surface area (Å²) in [5.74, 6) is 1.12. The molecule has 1 saturated carbocycles. The molecule has 1 amide bonds. The molecule has 1 aliphatic carbocycles. The van der Waals surface area contributed by atoms with E-state index in [0.717, 1.165) is 54.4 Å². The molecule has 1 saturated heterocycles. The molecule has 2 aromatic heterocycles. The normalized spacial score (nSPS) is 18.3. The van der Waals surface area contributed by atoms with E-state index in [-0.39, 0.29) is 11.5 Å². The summed E-state index contributed by atoms with van der Waals surface area (Å²) in [5, 5.41) is 0.998. The lowest BCUT2D eigenvalue weighted by Crippen LogP contribution is -2.40. The Balaban J connectivity index is 1.29. The first kappa shape index (κ1) is 17.4. The number of hydrogen-bond donors (Lipinski definition) is 0. The first-order valence-corrected chi connectivity index (χ1v) is 10.2. The Morgan fingerprint density at radius 2 is 2.00 bits per heavy atom. The molecule has 2 fully saturated rings. The zero-order chi connectivity index (χ0) is 18.1. The standard InChI is InChI=1S/C19H24N4O2S/c1-13-20-10-16(26-13)8-18(24)22-6-4-14(5-7-22)11-23-12-21-17(9-19(23)25)15-2-3-15/h9-10,12,14-15H,2-8,11H2,1H3. The van der Waals surface area contributed by atoms with Crippen molar-refractivity contribution in [2.24, 2.45) is 5.92 Å². The van der Waals surface area contributed by atoms with Crippen LogP contribution in [-0.4, -0.2) is 38.4 Å². The average molecular weight is 372 g/mol. The number of aryl methyl sites for hydroxylation is 1. The molecule has 26 heavy (non-hydrogen) atoms. The molecule has 0 spiro atoms. The van der Waals surface area contributed by atoms with Crippen LogP contribution in [0.5, 0.6) is 0 Å². The van der Waals surface area contributed by atoms with Crippen molar-refractivity contribution in [2.75, 3.05) is 13.1 Å². The van der Waals surface area contributed by atoms with E-state index in [9.17, 15) is 9.59 Å². The SMILES string of the molecule is Cc1ncc(CC(=O)N2CCC(Cn3cnc(C4CC4)cc3=O)CC2)s1. The molecule has 0 atom stereocenters. The monoisotopic (exact) mass is 372 g/mol. The number of carbonyl (C=O) groups is 1. The molecule has 0 unspecified atom stereocenters. The highest BCUT2D eigenvalue weighted by atomic mass is 32.1. The molecule has 0 radical (unpaired) electrons. The van der Waals surface area contributed by atoms with E-state index in [0.29, 0.717) is 24.8 Å². The second-order valence-corrected chi connectivity index (χ2v) is 8.74. The maximum atomic E-state index is 12.4. The van der Waals surface area contributed by atoms with Crippen LogP contribution in [-0.2, 0) is 17.8 Å². The van der Waals surface area contributed by atoms with E-state index in [2.05, 4.69) is 9.97 Å². The lowest BCUT2D eigenvalue weighted by atomic mass is 9.96. The Bertz CT molecular complexity index is 847. The van der Waals surface area contributed by atoms with Gasteiger partial charge in [0.2, 0.25) is 5.91 Å². The van der Waals surface area contributed by atoms with E-state index < -0.39 is 0 Å². The van der Waals surface area contributed by atoms with Crippen LogP contribution in [0.2, 0.25) is 0 Å². The maximum absolute atomic E-state index is 12.4. The van der Waals surface area contributed by atoms with E-state index in [1.165, 1.54) is 0 Å². The fourth-order valence-electron chi connectivity index (χ4n) is 3.57. The summed E-state index contributed by atoms with van der Waals surface area (Å²) < 4.78 is 1.73. The van der Waals surface area contributed by atoms with Crippen molar-refractivity contribution in [3.8, 4) is 0 Å². The summed E-state index contributed by atoms with van der Waals surface area (Å²) in [4.78, 5) is 36.4. The molecule has 2 aliphatic rings. The number of thiazole rings is 1. The number of amides is 1. The minimum atomic E-state index is 0.0565. The predicted octanol–water partition coefficient (Wildman–Crippen LogP) is 2.37. The maximum Gasteiger partial charge on any atom is 0.253 e. The molecule has 6 nitrogen and oxygen atoms in total. The Kier molecular flexibility index (Phi) is 4.89. The number of piperidine rings is 1. The van der Waals surface area contributed by atoms with Crippen LogP contribution in [0.25, 0.3) is 0 Å². The summed E-state index contributed by atoms with van der Waals surface area (Å²) >= 11 is 1.59. The lowest BCUT2D eigenvalue weighted by molar-refractivity contribution is -0.131. The minimum Gasteiger partial charge on any atom is -0.342 e. The number of rotatable bonds is 5. The van der Waals surface area contributed by atoms with Gasteiger partial charge in [0.1, 0.15) is 0 Å². The summed E-state index contributed by atoms with van der Waals surface area (Å²) in [5.41, 5.74) is 1.01. The molecule has 0 N–H and O–H groups in total. The Morgan fingerprint density at radius 1 is 1.23 bits per heavy atom. The van der Waals surface area contributed by atoms with E-state index in [4.69, 9.17) is 0 Å². The van der Waals surface area contributed by atoms with Crippen molar-refractivity contribution < 1.29 is 4.79 Å². The summed E-state index contributed by atoms with van der Waals surface area (Å²) in [6.07, 6.45) is 8.14. The van der Waals surface area contributed by atoms with Gasteiger partial charge in [0.15, 0.2) is 0 Å². The Hall–Kier alpha value is -2.02. The van der Waals surface area contributed by atoms with Gasteiger partial charge in [-0.05, 0) is 38.5 Å². The zero-order valence-electron chi connectivity index (χ0n) is 15.1. The van der Waals surface area contributed by atoms with Crippen LogP contribution >= 0.6 is 11.3 Å². The van der Waals surface area contributed by atoms with Crippen LogP contribution in [0, 0.1) is 12.8 Å². The van der Waals surface area contributed by atoms with Crippen LogP contribution in [0.15, 0.2) is 23.4 Å². The second kappa shape index (κ2) is 7.31. The van der Waals surface area contributed by atoms with Gasteiger partial charge in [0.05, 0.1) is 23.4 Å². The fourth-order valence-corrected chi connectivity index (χ4v) is 4.36.